The third-order valence-corrected chi connectivity index (χ3v) is 5.34. The molecule has 2 amide bonds. The van der Waals surface area contributed by atoms with Crippen molar-refractivity contribution in [2.45, 2.75) is 33.4 Å². The minimum absolute atomic E-state index is 0.194. The molecule has 0 aliphatic heterocycles. The van der Waals surface area contributed by atoms with Crippen molar-refractivity contribution in [2.24, 2.45) is 0 Å². The summed E-state index contributed by atoms with van der Waals surface area (Å²) in [5.74, 6) is 0.422. The largest absolute Gasteiger partial charge is 0.467 e. The molecular formula is C23H24N6O3. The molecule has 0 fully saturated rings. The van der Waals surface area contributed by atoms with Gasteiger partial charge in [-0.05, 0) is 63.2 Å². The Morgan fingerprint density at radius 3 is 2.44 bits per heavy atom. The predicted molar refractivity (Wildman–Crippen MR) is 119 cm³/mol. The lowest BCUT2D eigenvalue weighted by molar-refractivity contribution is -0.119. The van der Waals surface area contributed by atoms with Crippen LogP contribution in [-0.4, -0.2) is 31.1 Å². The first-order valence-electron chi connectivity index (χ1n) is 10.2. The van der Waals surface area contributed by atoms with Gasteiger partial charge in [0.2, 0.25) is 5.91 Å². The molecule has 0 radical (unpaired) electrons. The molecule has 3 heterocycles. The molecule has 2 N–H and O–H groups in total. The molecule has 0 bridgehead atoms. The van der Waals surface area contributed by atoms with E-state index in [0.717, 1.165) is 17.1 Å². The van der Waals surface area contributed by atoms with Crippen LogP contribution in [0.5, 0.6) is 0 Å². The molecule has 1 atom stereocenters. The Balaban J connectivity index is 1.40. The Hall–Kier alpha value is -4.14. The highest BCUT2D eigenvalue weighted by atomic mass is 16.3. The molecule has 1 aromatic carbocycles. The first-order valence-corrected chi connectivity index (χ1v) is 10.2. The summed E-state index contributed by atoms with van der Waals surface area (Å²) in [6.07, 6.45) is 4.52. The number of nitrogens with one attached hydrogen (secondary N) is 2. The third kappa shape index (κ3) is 4.46. The zero-order chi connectivity index (χ0) is 22.7. The maximum Gasteiger partial charge on any atom is 0.257 e. The number of furan rings is 1. The summed E-state index contributed by atoms with van der Waals surface area (Å²) < 4.78 is 8.95. The van der Waals surface area contributed by atoms with Crippen LogP contribution >= 0.6 is 0 Å². The highest BCUT2D eigenvalue weighted by Crippen LogP contribution is 2.20. The number of carbonyl (C=O) groups excluding carboxylic acids is 2. The zero-order valence-corrected chi connectivity index (χ0v) is 18.1. The van der Waals surface area contributed by atoms with E-state index < -0.39 is 6.04 Å². The number of rotatable bonds is 7. The fourth-order valence-corrected chi connectivity index (χ4v) is 3.45. The normalized spacial score (nSPS) is 11.8. The van der Waals surface area contributed by atoms with Crippen molar-refractivity contribution >= 4 is 23.2 Å². The maximum atomic E-state index is 12.9. The molecule has 4 rings (SSSR count). The molecular weight excluding hydrogens is 408 g/mol. The van der Waals surface area contributed by atoms with Crippen LogP contribution < -0.4 is 10.6 Å². The van der Waals surface area contributed by atoms with Gasteiger partial charge in [0.25, 0.3) is 5.91 Å². The van der Waals surface area contributed by atoms with E-state index in [4.69, 9.17) is 4.42 Å². The first-order chi connectivity index (χ1) is 15.4. The van der Waals surface area contributed by atoms with E-state index in [0.29, 0.717) is 23.5 Å². The summed E-state index contributed by atoms with van der Waals surface area (Å²) in [5, 5.41) is 9.72. The zero-order valence-electron chi connectivity index (χ0n) is 18.1. The molecule has 0 aliphatic carbocycles. The van der Waals surface area contributed by atoms with Gasteiger partial charge in [0.05, 0.1) is 18.4 Å². The van der Waals surface area contributed by atoms with Crippen LogP contribution in [0.3, 0.4) is 0 Å². The lowest BCUT2D eigenvalue weighted by Crippen LogP contribution is -2.24. The molecule has 9 nitrogen and oxygen atoms in total. The second-order valence-electron chi connectivity index (χ2n) is 7.52. The molecule has 32 heavy (non-hydrogen) atoms. The van der Waals surface area contributed by atoms with E-state index in [1.165, 1.54) is 17.3 Å². The molecule has 9 heteroatoms. The van der Waals surface area contributed by atoms with E-state index >= 15 is 0 Å². The molecule has 0 saturated heterocycles. The Labute approximate surface area is 185 Å². The fraction of sp³-hybridized carbons (Fsp3) is 0.217. The van der Waals surface area contributed by atoms with Crippen molar-refractivity contribution in [3.8, 4) is 0 Å². The lowest BCUT2D eigenvalue weighted by Gasteiger charge is -2.12. The van der Waals surface area contributed by atoms with Crippen LogP contribution in [0, 0.1) is 13.8 Å². The third-order valence-electron chi connectivity index (χ3n) is 5.34. The summed E-state index contributed by atoms with van der Waals surface area (Å²) in [4.78, 5) is 29.1. The number of aryl methyl sites for hydroxylation is 1. The molecule has 3 aromatic heterocycles. The van der Waals surface area contributed by atoms with Crippen molar-refractivity contribution < 1.29 is 14.0 Å². The van der Waals surface area contributed by atoms with E-state index in [-0.39, 0.29) is 11.8 Å². The monoisotopic (exact) mass is 432 g/mol. The molecule has 0 saturated carbocycles. The van der Waals surface area contributed by atoms with Gasteiger partial charge in [-0.15, -0.1) is 0 Å². The smallest absolute Gasteiger partial charge is 0.257 e. The Bertz CT molecular complexity index is 1210. The van der Waals surface area contributed by atoms with Gasteiger partial charge < -0.3 is 19.6 Å². The van der Waals surface area contributed by atoms with Gasteiger partial charge >= 0.3 is 0 Å². The average Bonchev–Trinajstić information content (AvgIpc) is 3.54. The minimum atomic E-state index is -0.492. The fourth-order valence-electron chi connectivity index (χ4n) is 3.45. The lowest BCUT2D eigenvalue weighted by atomic mass is 10.2. The van der Waals surface area contributed by atoms with Gasteiger partial charge in [-0.3, -0.25) is 9.59 Å². The van der Waals surface area contributed by atoms with E-state index in [9.17, 15) is 9.59 Å². The average molecular weight is 432 g/mol. The molecule has 0 spiro atoms. The number of amides is 2. The van der Waals surface area contributed by atoms with Crippen LogP contribution in [0.2, 0.25) is 0 Å². The number of carbonyl (C=O) groups is 2. The number of anilines is 2. The quantitative estimate of drug-likeness (QED) is 0.462. The van der Waals surface area contributed by atoms with Crippen molar-refractivity contribution in [1.29, 1.82) is 0 Å². The summed E-state index contributed by atoms with van der Waals surface area (Å²) in [7, 11) is 0. The number of hydrogen-bond donors (Lipinski definition) is 2. The second kappa shape index (κ2) is 8.93. The summed E-state index contributed by atoms with van der Waals surface area (Å²) >= 11 is 0. The van der Waals surface area contributed by atoms with Crippen molar-refractivity contribution in [1.82, 2.24) is 19.3 Å². The standard InChI is InChI=1S/C23H24N6O3/c1-15-11-21(16(2)28(15)12-20-5-4-10-32-20)23(31)27-19-8-6-18(7-9-19)26-22(30)17(3)29-14-24-13-25-29/h4-11,13-14,17H,12H2,1-3H3,(H,26,30)(H,27,31). The second-order valence-corrected chi connectivity index (χ2v) is 7.52. The van der Waals surface area contributed by atoms with Crippen LogP contribution in [0.25, 0.3) is 0 Å². The van der Waals surface area contributed by atoms with Gasteiger partial charge in [0.1, 0.15) is 24.5 Å². The molecule has 164 valence electrons. The van der Waals surface area contributed by atoms with Gasteiger partial charge in [-0.25, -0.2) is 9.67 Å². The summed E-state index contributed by atoms with van der Waals surface area (Å²) in [6, 6.07) is 12.1. The van der Waals surface area contributed by atoms with Crippen molar-refractivity contribution in [2.75, 3.05) is 10.6 Å². The topological polar surface area (TPSA) is 107 Å². The maximum absolute atomic E-state index is 12.9. The van der Waals surface area contributed by atoms with Crippen molar-refractivity contribution in [3.63, 3.8) is 0 Å². The van der Waals surface area contributed by atoms with Crippen LogP contribution in [-0.2, 0) is 11.3 Å². The summed E-state index contributed by atoms with van der Waals surface area (Å²) in [6.45, 7) is 6.19. The van der Waals surface area contributed by atoms with E-state index in [2.05, 4.69) is 20.7 Å². The Morgan fingerprint density at radius 2 is 1.81 bits per heavy atom. The summed E-state index contributed by atoms with van der Waals surface area (Å²) in [5.41, 5.74) is 3.70. The Morgan fingerprint density at radius 1 is 1.09 bits per heavy atom. The highest BCUT2D eigenvalue weighted by Gasteiger charge is 2.18. The number of hydrogen-bond acceptors (Lipinski definition) is 5. The van der Waals surface area contributed by atoms with Crippen LogP contribution in [0.4, 0.5) is 11.4 Å². The highest BCUT2D eigenvalue weighted by molar-refractivity contribution is 6.05. The van der Waals surface area contributed by atoms with Crippen LogP contribution in [0.1, 0.15) is 40.5 Å². The Kier molecular flexibility index (Phi) is 5.89. The van der Waals surface area contributed by atoms with Gasteiger partial charge in [-0.2, -0.15) is 5.10 Å². The number of benzene rings is 1. The predicted octanol–water partition coefficient (Wildman–Crippen LogP) is 3.79. The van der Waals surface area contributed by atoms with E-state index in [1.807, 2.05) is 36.6 Å². The van der Waals surface area contributed by atoms with Gasteiger partial charge in [0.15, 0.2) is 0 Å². The number of nitrogens with zero attached hydrogens (tertiary/aromatic N) is 4. The van der Waals surface area contributed by atoms with Crippen LogP contribution in [0.15, 0.2) is 65.8 Å². The molecule has 0 aliphatic rings. The number of aromatic nitrogens is 4. The minimum Gasteiger partial charge on any atom is -0.467 e. The molecule has 1 unspecified atom stereocenters. The molecule has 4 aromatic rings. The van der Waals surface area contributed by atoms with Gasteiger partial charge in [0, 0.05) is 22.8 Å². The SMILES string of the molecule is Cc1cc(C(=O)Nc2ccc(NC(=O)C(C)n3cncn3)cc2)c(C)n1Cc1ccco1. The first kappa shape index (κ1) is 21.1. The van der Waals surface area contributed by atoms with Gasteiger partial charge in [-0.1, -0.05) is 0 Å². The van der Waals surface area contributed by atoms with E-state index in [1.54, 1.807) is 37.5 Å². The van der Waals surface area contributed by atoms with Crippen molar-refractivity contribution in [3.05, 3.63) is 84.1 Å².